The van der Waals surface area contributed by atoms with Gasteiger partial charge in [-0.2, -0.15) is 0 Å². The normalized spacial score (nSPS) is 18.4. The lowest BCUT2D eigenvalue weighted by Crippen LogP contribution is -2.38. The van der Waals surface area contributed by atoms with E-state index < -0.39 is 23.7 Å². The van der Waals surface area contributed by atoms with Gasteiger partial charge in [0.1, 0.15) is 5.76 Å². The Morgan fingerprint density at radius 2 is 1.71 bits per heavy atom. The van der Waals surface area contributed by atoms with Crippen LogP contribution in [0.5, 0.6) is 11.5 Å². The highest BCUT2D eigenvalue weighted by Gasteiger charge is 2.46. The third kappa shape index (κ3) is 4.59. The molecule has 4 rings (SSSR count). The predicted octanol–water partition coefficient (Wildman–Crippen LogP) is 2.97. The van der Waals surface area contributed by atoms with Crippen LogP contribution < -0.4 is 9.47 Å². The van der Waals surface area contributed by atoms with E-state index in [1.807, 2.05) is 13.8 Å². The third-order valence-corrected chi connectivity index (χ3v) is 6.39. The molecule has 1 N–H and O–H groups in total. The molecule has 2 aliphatic rings. The van der Waals surface area contributed by atoms with Gasteiger partial charge in [0, 0.05) is 18.7 Å². The standard InChI is InChI=1S/C26H28N2O7/c1-4-27(5-2)12-13-28-22(16-6-8-17(9-7-16)26(32)33-3)21(24(30)25(28)31)23(29)18-10-11-19-20(14-18)35-15-34-19/h6-11,14,22,29H,4-5,12-13,15H2,1-3H3/t22-/m0/s1. The van der Waals surface area contributed by atoms with Crippen LogP contribution in [-0.4, -0.2) is 72.6 Å². The molecule has 0 aromatic heterocycles. The number of aliphatic hydroxyl groups excluding tert-OH is 1. The lowest BCUT2D eigenvalue weighted by atomic mass is 9.94. The number of hydrogen-bond donors (Lipinski definition) is 1. The number of carbonyl (C=O) groups excluding carboxylic acids is 3. The van der Waals surface area contributed by atoms with E-state index in [-0.39, 0.29) is 18.1 Å². The summed E-state index contributed by atoms with van der Waals surface area (Å²) in [5.74, 6) is -1.25. The number of likely N-dealkylation sites (tertiary alicyclic amines) is 1. The smallest absolute Gasteiger partial charge is 0.337 e. The van der Waals surface area contributed by atoms with Crippen LogP contribution in [0.1, 0.15) is 41.4 Å². The monoisotopic (exact) mass is 480 g/mol. The minimum absolute atomic E-state index is 0.0146. The van der Waals surface area contributed by atoms with Gasteiger partial charge in [0.05, 0.1) is 24.3 Å². The molecule has 1 saturated heterocycles. The molecule has 1 atom stereocenters. The number of benzene rings is 2. The Morgan fingerprint density at radius 3 is 2.37 bits per heavy atom. The second-order valence-corrected chi connectivity index (χ2v) is 8.20. The lowest BCUT2D eigenvalue weighted by Gasteiger charge is -2.28. The van der Waals surface area contributed by atoms with E-state index in [1.54, 1.807) is 42.5 Å². The van der Waals surface area contributed by atoms with Gasteiger partial charge in [0.2, 0.25) is 6.79 Å². The van der Waals surface area contributed by atoms with Crippen molar-refractivity contribution in [1.82, 2.24) is 9.80 Å². The fourth-order valence-corrected chi connectivity index (χ4v) is 4.36. The first-order valence-electron chi connectivity index (χ1n) is 11.5. The summed E-state index contributed by atoms with van der Waals surface area (Å²) in [5, 5.41) is 11.2. The number of carbonyl (C=O) groups is 3. The van der Waals surface area contributed by atoms with Gasteiger partial charge in [-0.3, -0.25) is 9.59 Å². The molecule has 0 aliphatic carbocycles. The molecular formula is C26H28N2O7. The first-order valence-corrected chi connectivity index (χ1v) is 11.5. The van der Waals surface area contributed by atoms with Crippen LogP contribution in [0.15, 0.2) is 48.0 Å². The predicted molar refractivity (Wildman–Crippen MR) is 127 cm³/mol. The average molecular weight is 481 g/mol. The molecule has 184 valence electrons. The first kappa shape index (κ1) is 24.3. The van der Waals surface area contributed by atoms with Gasteiger partial charge in [0.15, 0.2) is 11.5 Å². The van der Waals surface area contributed by atoms with Crippen LogP contribution in [0, 0.1) is 0 Å². The Kier molecular flexibility index (Phi) is 7.07. The molecule has 2 aliphatic heterocycles. The van der Waals surface area contributed by atoms with Gasteiger partial charge in [0.25, 0.3) is 11.7 Å². The molecule has 0 unspecified atom stereocenters. The maximum atomic E-state index is 13.2. The summed E-state index contributed by atoms with van der Waals surface area (Å²) in [6.07, 6.45) is 0. The van der Waals surface area contributed by atoms with E-state index in [2.05, 4.69) is 4.90 Å². The van der Waals surface area contributed by atoms with E-state index in [9.17, 15) is 19.5 Å². The van der Waals surface area contributed by atoms with E-state index in [4.69, 9.17) is 14.2 Å². The highest BCUT2D eigenvalue weighted by molar-refractivity contribution is 6.46. The Bertz CT molecular complexity index is 1170. The molecule has 2 aromatic carbocycles. The molecule has 9 heteroatoms. The number of likely N-dealkylation sites (N-methyl/N-ethyl adjacent to an activating group) is 1. The molecule has 0 bridgehead atoms. The van der Waals surface area contributed by atoms with Crippen LogP contribution in [0.3, 0.4) is 0 Å². The lowest BCUT2D eigenvalue weighted by molar-refractivity contribution is -0.140. The summed E-state index contributed by atoms with van der Waals surface area (Å²) in [6.45, 7) is 6.60. The molecular weight excluding hydrogens is 452 g/mol. The van der Waals surface area contributed by atoms with Crippen molar-refractivity contribution in [2.45, 2.75) is 19.9 Å². The number of methoxy groups -OCH3 is 1. The molecule has 35 heavy (non-hydrogen) atoms. The van der Waals surface area contributed by atoms with Crippen molar-refractivity contribution in [1.29, 1.82) is 0 Å². The number of ketones is 1. The van der Waals surface area contributed by atoms with Gasteiger partial charge in [-0.25, -0.2) is 4.79 Å². The number of ether oxygens (including phenoxy) is 3. The summed E-state index contributed by atoms with van der Waals surface area (Å²) < 4.78 is 15.5. The number of esters is 1. The van der Waals surface area contributed by atoms with Crippen LogP contribution in [-0.2, 0) is 14.3 Å². The van der Waals surface area contributed by atoms with Gasteiger partial charge in [-0.05, 0) is 49.0 Å². The van der Waals surface area contributed by atoms with Gasteiger partial charge >= 0.3 is 5.97 Å². The minimum atomic E-state index is -0.817. The highest BCUT2D eigenvalue weighted by atomic mass is 16.7. The van der Waals surface area contributed by atoms with Crippen molar-refractivity contribution in [3.05, 3.63) is 64.7 Å². The van der Waals surface area contributed by atoms with Gasteiger partial charge < -0.3 is 29.1 Å². The molecule has 2 heterocycles. The van der Waals surface area contributed by atoms with Crippen molar-refractivity contribution in [2.75, 3.05) is 40.1 Å². The third-order valence-electron chi connectivity index (χ3n) is 6.39. The Labute approximate surface area is 203 Å². The SMILES string of the molecule is CCN(CC)CCN1C(=O)C(=O)C(=C(O)c2ccc3c(c2)OCO3)[C@@H]1c1ccc(C(=O)OC)cc1. The summed E-state index contributed by atoms with van der Waals surface area (Å²) >= 11 is 0. The van der Waals surface area contributed by atoms with Crippen LogP contribution >= 0.6 is 0 Å². The second kappa shape index (κ2) is 10.2. The quantitative estimate of drug-likeness (QED) is 0.266. The molecule has 9 nitrogen and oxygen atoms in total. The van der Waals surface area contributed by atoms with Crippen molar-refractivity contribution < 1.29 is 33.7 Å². The van der Waals surface area contributed by atoms with Crippen molar-refractivity contribution in [3.63, 3.8) is 0 Å². The summed E-state index contributed by atoms with van der Waals surface area (Å²) in [4.78, 5) is 41.8. The van der Waals surface area contributed by atoms with Gasteiger partial charge in [-0.15, -0.1) is 0 Å². The maximum Gasteiger partial charge on any atom is 0.337 e. The van der Waals surface area contributed by atoms with E-state index >= 15 is 0 Å². The number of fused-ring (bicyclic) bond motifs is 1. The van der Waals surface area contributed by atoms with Crippen LogP contribution in [0.4, 0.5) is 0 Å². The fourth-order valence-electron chi connectivity index (χ4n) is 4.36. The molecule has 1 amide bonds. The van der Waals surface area contributed by atoms with Crippen molar-refractivity contribution in [2.24, 2.45) is 0 Å². The zero-order chi connectivity index (χ0) is 25.1. The first-order chi connectivity index (χ1) is 16.9. The Hall–Kier alpha value is -3.85. The number of nitrogens with zero attached hydrogens (tertiary/aromatic N) is 2. The minimum Gasteiger partial charge on any atom is -0.507 e. The second-order valence-electron chi connectivity index (χ2n) is 8.20. The molecule has 0 saturated carbocycles. The number of amides is 1. The summed E-state index contributed by atoms with van der Waals surface area (Å²) in [7, 11) is 1.30. The topological polar surface area (TPSA) is 106 Å². The summed E-state index contributed by atoms with van der Waals surface area (Å²) in [6, 6.07) is 10.5. The zero-order valence-corrected chi connectivity index (χ0v) is 19.9. The average Bonchev–Trinajstić information content (AvgIpc) is 3.46. The molecule has 0 radical (unpaired) electrons. The molecule has 1 fully saturated rings. The molecule has 0 spiro atoms. The van der Waals surface area contributed by atoms with Crippen LogP contribution in [0.2, 0.25) is 0 Å². The number of rotatable bonds is 8. The van der Waals surface area contributed by atoms with Crippen molar-refractivity contribution in [3.8, 4) is 11.5 Å². The Morgan fingerprint density at radius 1 is 1.06 bits per heavy atom. The molecule has 2 aromatic rings. The van der Waals surface area contributed by atoms with Gasteiger partial charge in [-0.1, -0.05) is 26.0 Å². The number of Topliss-reactive ketones (excluding diaryl/α,β-unsaturated/α-hetero) is 1. The fraction of sp³-hybridized carbons (Fsp3) is 0.346. The number of aliphatic hydroxyl groups is 1. The van der Waals surface area contributed by atoms with Crippen LogP contribution in [0.25, 0.3) is 5.76 Å². The maximum absolute atomic E-state index is 13.2. The zero-order valence-electron chi connectivity index (χ0n) is 19.9. The number of hydrogen-bond acceptors (Lipinski definition) is 8. The highest BCUT2D eigenvalue weighted by Crippen LogP contribution is 2.41. The van der Waals surface area contributed by atoms with E-state index in [0.29, 0.717) is 41.3 Å². The largest absolute Gasteiger partial charge is 0.507 e. The van der Waals surface area contributed by atoms with E-state index in [0.717, 1.165) is 13.1 Å². The van der Waals surface area contributed by atoms with E-state index in [1.165, 1.54) is 12.0 Å². The Balaban J connectivity index is 1.78. The van der Waals surface area contributed by atoms with Crippen molar-refractivity contribution >= 4 is 23.4 Å². The summed E-state index contributed by atoms with van der Waals surface area (Å²) in [5.41, 5.74) is 1.26.